The van der Waals surface area contributed by atoms with Crippen molar-refractivity contribution in [1.29, 1.82) is 0 Å². The van der Waals surface area contributed by atoms with Gasteiger partial charge in [0.1, 0.15) is 5.82 Å². The van der Waals surface area contributed by atoms with Gasteiger partial charge in [0.15, 0.2) is 5.82 Å². The summed E-state index contributed by atoms with van der Waals surface area (Å²) in [7, 11) is 1.31. The summed E-state index contributed by atoms with van der Waals surface area (Å²) in [4.78, 5) is 15.8. The van der Waals surface area contributed by atoms with Gasteiger partial charge in [-0.2, -0.15) is 10.1 Å². The Morgan fingerprint density at radius 1 is 1.12 bits per heavy atom. The van der Waals surface area contributed by atoms with Crippen molar-refractivity contribution in [1.82, 2.24) is 15.2 Å². The highest BCUT2D eigenvalue weighted by Crippen LogP contribution is 2.19. The van der Waals surface area contributed by atoms with Crippen molar-refractivity contribution in [3.8, 4) is 0 Å². The summed E-state index contributed by atoms with van der Waals surface area (Å²) in [6.07, 6.45) is 1.38. The minimum atomic E-state index is -0.447. The van der Waals surface area contributed by atoms with E-state index < -0.39 is 11.8 Å². The fraction of sp³-hybridized carbons (Fsp3) is 0.0588. The lowest BCUT2D eigenvalue weighted by Crippen LogP contribution is -2.05. The maximum atomic E-state index is 13.7. The van der Waals surface area contributed by atoms with Crippen molar-refractivity contribution in [3.63, 3.8) is 0 Å². The first-order valence-corrected chi connectivity index (χ1v) is 7.32. The van der Waals surface area contributed by atoms with Crippen molar-refractivity contribution in [2.45, 2.75) is 0 Å². The van der Waals surface area contributed by atoms with Crippen LogP contribution in [0.3, 0.4) is 0 Å². The van der Waals surface area contributed by atoms with E-state index in [1.165, 1.54) is 19.4 Å². The average Bonchev–Trinajstić information content (AvgIpc) is 2.63. The van der Waals surface area contributed by atoms with Gasteiger partial charge in [0, 0.05) is 5.69 Å². The molecule has 0 spiro atoms. The molecule has 1 aromatic heterocycles. The maximum Gasteiger partial charge on any atom is 0.337 e. The van der Waals surface area contributed by atoms with E-state index in [1.54, 1.807) is 42.5 Å². The number of anilines is 4. The molecule has 25 heavy (non-hydrogen) atoms. The Hall–Kier alpha value is -3.55. The predicted octanol–water partition coefficient (Wildman–Crippen LogP) is 3.28. The Balaban J connectivity index is 1.78. The molecule has 0 aliphatic rings. The largest absolute Gasteiger partial charge is 0.465 e. The molecule has 2 N–H and O–H groups in total. The number of rotatable bonds is 5. The number of nitrogens with zero attached hydrogens (tertiary/aromatic N) is 3. The van der Waals surface area contributed by atoms with Crippen LogP contribution in [-0.4, -0.2) is 28.3 Å². The Bertz CT molecular complexity index is 903. The Morgan fingerprint density at radius 2 is 1.96 bits per heavy atom. The Morgan fingerprint density at radius 3 is 2.76 bits per heavy atom. The van der Waals surface area contributed by atoms with E-state index in [4.69, 9.17) is 0 Å². The molecular weight excluding hydrogens is 325 g/mol. The van der Waals surface area contributed by atoms with Gasteiger partial charge >= 0.3 is 5.97 Å². The molecule has 2 aromatic carbocycles. The summed E-state index contributed by atoms with van der Waals surface area (Å²) in [6.45, 7) is 0. The van der Waals surface area contributed by atoms with Gasteiger partial charge in [-0.25, -0.2) is 9.18 Å². The second kappa shape index (κ2) is 7.35. The predicted molar refractivity (Wildman–Crippen MR) is 90.6 cm³/mol. The number of nitrogens with one attached hydrogen (secondary N) is 2. The molecule has 0 aliphatic carbocycles. The third kappa shape index (κ3) is 4.05. The van der Waals surface area contributed by atoms with Crippen LogP contribution in [0.4, 0.5) is 27.5 Å². The van der Waals surface area contributed by atoms with Crippen molar-refractivity contribution in [2.75, 3.05) is 17.7 Å². The van der Waals surface area contributed by atoms with Gasteiger partial charge in [0.2, 0.25) is 5.95 Å². The average molecular weight is 339 g/mol. The summed E-state index contributed by atoms with van der Waals surface area (Å²) >= 11 is 0. The number of esters is 1. The lowest BCUT2D eigenvalue weighted by atomic mass is 10.2. The third-order valence-electron chi connectivity index (χ3n) is 3.24. The number of carbonyl (C=O) groups is 1. The number of carbonyl (C=O) groups excluding carboxylic acids is 1. The van der Waals surface area contributed by atoms with Gasteiger partial charge in [0.25, 0.3) is 0 Å². The minimum Gasteiger partial charge on any atom is -0.465 e. The summed E-state index contributed by atoms with van der Waals surface area (Å²) in [5.74, 6) is -0.325. The molecule has 0 fully saturated rings. The first-order valence-electron chi connectivity index (χ1n) is 7.32. The molecule has 0 bridgehead atoms. The van der Waals surface area contributed by atoms with Crippen LogP contribution in [0.25, 0.3) is 0 Å². The van der Waals surface area contributed by atoms with Gasteiger partial charge in [-0.1, -0.05) is 18.2 Å². The van der Waals surface area contributed by atoms with Crippen LogP contribution in [0, 0.1) is 5.82 Å². The lowest BCUT2D eigenvalue weighted by molar-refractivity contribution is 0.0601. The van der Waals surface area contributed by atoms with Crippen LogP contribution in [0.15, 0.2) is 54.7 Å². The van der Waals surface area contributed by atoms with Crippen LogP contribution in [0.1, 0.15) is 10.4 Å². The zero-order chi connectivity index (χ0) is 17.6. The molecule has 0 amide bonds. The number of hydrogen-bond donors (Lipinski definition) is 2. The van der Waals surface area contributed by atoms with Gasteiger partial charge in [-0.15, -0.1) is 5.10 Å². The Labute approximate surface area is 142 Å². The first-order chi connectivity index (χ1) is 12.2. The molecule has 0 unspecified atom stereocenters. The molecule has 7 nitrogen and oxygen atoms in total. The maximum absolute atomic E-state index is 13.7. The van der Waals surface area contributed by atoms with Crippen molar-refractivity contribution >= 4 is 29.1 Å². The van der Waals surface area contributed by atoms with Crippen LogP contribution < -0.4 is 10.6 Å². The second-order valence-electron chi connectivity index (χ2n) is 4.97. The van der Waals surface area contributed by atoms with E-state index in [-0.39, 0.29) is 11.6 Å². The van der Waals surface area contributed by atoms with E-state index in [9.17, 15) is 9.18 Å². The molecule has 0 aliphatic heterocycles. The fourth-order valence-electron chi connectivity index (χ4n) is 2.09. The number of ether oxygens (including phenoxy) is 1. The first kappa shape index (κ1) is 16.3. The highest BCUT2D eigenvalue weighted by Gasteiger charge is 2.08. The highest BCUT2D eigenvalue weighted by molar-refractivity contribution is 5.90. The van der Waals surface area contributed by atoms with Gasteiger partial charge in [0.05, 0.1) is 24.6 Å². The number of aromatic nitrogens is 3. The molecule has 0 atom stereocenters. The molecule has 3 rings (SSSR count). The Kier molecular flexibility index (Phi) is 4.79. The SMILES string of the molecule is COC(=O)c1cccc(Nc2nncc(Nc3ccccc3F)n2)c1. The smallest absolute Gasteiger partial charge is 0.337 e. The standard InChI is InChI=1S/C17H14FN5O2/c1-25-16(24)11-5-4-6-12(9-11)20-17-22-15(10-19-23-17)21-14-8-3-2-7-13(14)18/h2-10H,1H3,(H2,20,21,22,23). The molecule has 3 aromatic rings. The number of para-hydroxylation sites is 1. The van der Waals surface area contributed by atoms with Crippen molar-refractivity contribution in [3.05, 3.63) is 66.1 Å². The zero-order valence-corrected chi connectivity index (χ0v) is 13.2. The van der Waals surface area contributed by atoms with E-state index in [0.29, 0.717) is 17.1 Å². The van der Waals surface area contributed by atoms with E-state index in [2.05, 4.69) is 30.6 Å². The zero-order valence-electron chi connectivity index (χ0n) is 13.2. The summed E-state index contributed by atoms with van der Waals surface area (Å²) in [6, 6.07) is 12.9. The third-order valence-corrected chi connectivity index (χ3v) is 3.24. The number of halogens is 1. The minimum absolute atomic E-state index is 0.198. The second-order valence-corrected chi connectivity index (χ2v) is 4.97. The van der Waals surface area contributed by atoms with E-state index in [0.717, 1.165) is 0 Å². The molecule has 0 saturated heterocycles. The molecule has 126 valence electrons. The quantitative estimate of drug-likeness (QED) is 0.690. The van der Waals surface area contributed by atoms with Crippen LogP contribution >= 0.6 is 0 Å². The normalized spacial score (nSPS) is 10.2. The molecular formula is C17H14FN5O2. The molecule has 1 heterocycles. The van der Waals surface area contributed by atoms with Gasteiger partial charge in [-0.3, -0.25) is 0 Å². The molecule has 0 radical (unpaired) electrons. The van der Waals surface area contributed by atoms with Crippen LogP contribution in [0.2, 0.25) is 0 Å². The monoisotopic (exact) mass is 339 g/mol. The van der Waals surface area contributed by atoms with E-state index in [1.807, 2.05) is 0 Å². The van der Waals surface area contributed by atoms with Crippen molar-refractivity contribution < 1.29 is 13.9 Å². The van der Waals surface area contributed by atoms with Crippen molar-refractivity contribution in [2.24, 2.45) is 0 Å². The fourth-order valence-corrected chi connectivity index (χ4v) is 2.09. The molecule has 0 saturated carbocycles. The summed E-state index contributed by atoms with van der Waals surface area (Å²) in [5.41, 5.74) is 1.26. The molecule has 8 heteroatoms. The topological polar surface area (TPSA) is 89.0 Å². The number of methoxy groups -OCH3 is 1. The summed E-state index contributed by atoms with van der Waals surface area (Å²) < 4.78 is 18.4. The lowest BCUT2D eigenvalue weighted by Gasteiger charge is -2.09. The van der Waals surface area contributed by atoms with Gasteiger partial charge < -0.3 is 15.4 Å². The number of benzene rings is 2. The number of hydrogen-bond acceptors (Lipinski definition) is 7. The highest BCUT2D eigenvalue weighted by atomic mass is 19.1. The van der Waals surface area contributed by atoms with Gasteiger partial charge in [-0.05, 0) is 30.3 Å². The van der Waals surface area contributed by atoms with Crippen LogP contribution in [-0.2, 0) is 4.74 Å². The van der Waals surface area contributed by atoms with E-state index >= 15 is 0 Å². The van der Waals surface area contributed by atoms with Crippen LogP contribution in [0.5, 0.6) is 0 Å². The summed E-state index contributed by atoms with van der Waals surface area (Å²) in [5, 5.41) is 13.5.